The van der Waals surface area contributed by atoms with Crippen LogP contribution in [0.5, 0.6) is 0 Å². The highest BCUT2D eigenvalue weighted by Crippen LogP contribution is 2.15. The number of carbonyl (C=O) groups excluding carboxylic acids is 1. The van der Waals surface area contributed by atoms with Crippen LogP contribution in [0.1, 0.15) is 31.3 Å². The van der Waals surface area contributed by atoms with E-state index in [1.807, 2.05) is 20.8 Å². The van der Waals surface area contributed by atoms with Crippen molar-refractivity contribution in [3.8, 4) is 0 Å². The number of carbonyl (C=O) groups is 1. The van der Waals surface area contributed by atoms with Crippen molar-refractivity contribution in [2.75, 3.05) is 6.54 Å². The third-order valence-corrected chi connectivity index (χ3v) is 2.00. The van der Waals surface area contributed by atoms with Crippen LogP contribution in [0, 0.1) is 0 Å². The number of hydrogen-bond donors (Lipinski definition) is 1. The molecule has 0 aliphatic rings. The van der Waals surface area contributed by atoms with Crippen molar-refractivity contribution in [3.63, 3.8) is 0 Å². The number of hydrogen-bond acceptors (Lipinski definition) is 3. The largest absolute Gasteiger partial charge is 0.329 e. The molecule has 5 nitrogen and oxygen atoms in total. The summed E-state index contributed by atoms with van der Waals surface area (Å²) in [5.41, 5.74) is 0.0660. The van der Waals surface area contributed by atoms with Gasteiger partial charge in [-0.2, -0.15) is 15.4 Å². The van der Waals surface area contributed by atoms with Crippen LogP contribution < -0.4 is 0 Å². The van der Waals surface area contributed by atoms with Crippen molar-refractivity contribution in [2.24, 2.45) is 0 Å². The molecule has 0 radical (unpaired) electrons. The lowest BCUT2D eigenvalue weighted by molar-refractivity contribution is 0.0610. The highest BCUT2D eigenvalue weighted by atomic mass is 16.2. The van der Waals surface area contributed by atoms with Crippen LogP contribution in [0.3, 0.4) is 0 Å². The maximum absolute atomic E-state index is 12.0. The van der Waals surface area contributed by atoms with Gasteiger partial charge < -0.3 is 4.90 Å². The van der Waals surface area contributed by atoms with Crippen LogP contribution >= 0.6 is 0 Å². The molecule has 1 rings (SSSR count). The minimum Gasteiger partial charge on any atom is -0.329 e. The smallest absolute Gasteiger partial charge is 0.276 e. The number of aromatic nitrogens is 3. The van der Waals surface area contributed by atoms with Gasteiger partial charge in [-0.15, -0.1) is 6.58 Å². The zero-order chi connectivity index (χ0) is 11.5. The Morgan fingerprint density at radius 2 is 2.33 bits per heavy atom. The predicted molar refractivity (Wildman–Crippen MR) is 57.4 cm³/mol. The van der Waals surface area contributed by atoms with E-state index in [1.54, 1.807) is 11.0 Å². The first-order valence-electron chi connectivity index (χ1n) is 4.75. The fraction of sp³-hybridized carbons (Fsp3) is 0.500. The average Bonchev–Trinajstić information content (AvgIpc) is 2.63. The lowest BCUT2D eigenvalue weighted by atomic mass is 10.1. The van der Waals surface area contributed by atoms with Crippen LogP contribution in [-0.2, 0) is 0 Å². The normalized spacial score (nSPS) is 11.1. The molecule has 1 amide bonds. The van der Waals surface area contributed by atoms with Crippen LogP contribution in [0.4, 0.5) is 0 Å². The van der Waals surface area contributed by atoms with E-state index in [4.69, 9.17) is 0 Å². The van der Waals surface area contributed by atoms with Gasteiger partial charge in [0.25, 0.3) is 5.91 Å². The van der Waals surface area contributed by atoms with Gasteiger partial charge in [0.05, 0.1) is 6.20 Å². The SMILES string of the molecule is C=CCN(C(=O)c1cn[nH]n1)C(C)(C)C. The Kier molecular flexibility index (Phi) is 3.24. The summed E-state index contributed by atoms with van der Waals surface area (Å²) in [6.07, 6.45) is 3.12. The molecule has 0 atom stereocenters. The third-order valence-electron chi connectivity index (χ3n) is 2.00. The van der Waals surface area contributed by atoms with Crippen molar-refractivity contribution >= 4 is 5.91 Å². The van der Waals surface area contributed by atoms with Gasteiger partial charge in [-0.1, -0.05) is 6.08 Å². The van der Waals surface area contributed by atoms with E-state index < -0.39 is 0 Å². The Bertz CT molecular complexity index is 337. The number of nitrogens with zero attached hydrogens (tertiary/aromatic N) is 3. The van der Waals surface area contributed by atoms with Crippen LogP contribution in [0.25, 0.3) is 0 Å². The van der Waals surface area contributed by atoms with Crippen molar-refractivity contribution in [1.82, 2.24) is 20.3 Å². The second-order valence-electron chi connectivity index (χ2n) is 4.23. The molecule has 0 bridgehead atoms. The topological polar surface area (TPSA) is 61.9 Å². The van der Waals surface area contributed by atoms with Gasteiger partial charge in [-0.25, -0.2) is 0 Å². The lowest BCUT2D eigenvalue weighted by Gasteiger charge is -2.34. The fourth-order valence-corrected chi connectivity index (χ4v) is 1.23. The molecule has 15 heavy (non-hydrogen) atoms. The molecule has 1 heterocycles. The van der Waals surface area contributed by atoms with Gasteiger partial charge in [-0.3, -0.25) is 4.79 Å². The molecule has 0 aliphatic carbocycles. The first-order chi connectivity index (χ1) is 6.96. The molecule has 0 saturated heterocycles. The van der Waals surface area contributed by atoms with E-state index in [0.717, 1.165) is 0 Å². The highest BCUT2D eigenvalue weighted by molar-refractivity contribution is 5.92. The first-order valence-corrected chi connectivity index (χ1v) is 4.75. The number of rotatable bonds is 3. The molecule has 0 saturated carbocycles. The van der Waals surface area contributed by atoms with Crippen molar-refractivity contribution in [1.29, 1.82) is 0 Å². The zero-order valence-corrected chi connectivity index (χ0v) is 9.32. The van der Waals surface area contributed by atoms with Crippen molar-refractivity contribution < 1.29 is 4.79 Å². The lowest BCUT2D eigenvalue weighted by Crippen LogP contribution is -2.45. The Balaban J connectivity index is 2.91. The van der Waals surface area contributed by atoms with E-state index in [-0.39, 0.29) is 11.4 Å². The Morgan fingerprint density at radius 3 is 2.73 bits per heavy atom. The summed E-state index contributed by atoms with van der Waals surface area (Å²) in [7, 11) is 0. The van der Waals surface area contributed by atoms with E-state index in [0.29, 0.717) is 12.2 Å². The fourth-order valence-electron chi connectivity index (χ4n) is 1.23. The average molecular weight is 208 g/mol. The number of nitrogens with one attached hydrogen (secondary N) is 1. The van der Waals surface area contributed by atoms with Gasteiger partial charge >= 0.3 is 0 Å². The summed E-state index contributed by atoms with van der Waals surface area (Å²) in [5.74, 6) is -0.142. The molecule has 0 aliphatic heterocycles. The molecule has 82 valence electrons. The van der Waals surface area contributed by atoms with E-state index in [9.17, 15) is 4.79 Å². The first kappa shape index (κ1) is 11.4. The molecule has 0 spiro atoms. The summed E-state index contributed by atoms with van der Waals surface area (Å²) in [4.78, 5) is 13.7. The molecular weight excluding hydrogens is 192 g/mol. The summed E-state index contributed by atoms with van der Waals surface area (Å²) in [5, 5.41) is 9.82. The van der Waals surface area contributed by atoms with Crippen molar-refractivity contribution in [3.05, 3.63) is 24.5 Å². The molecule has 1 aromatic heterocycles. The van der Waals surface area contributed by atoms with E-state index >= 15 is 0 Å². The monoisotopic (exact) mass is 208 g/mol. The van der Waals surface area contributed by atoms with E-state index in [2.05, 4.69) is 22.0 Å². The Morgan fingerprint density at radius 1 is 1.67 bits per heavy atom. The number of amides is 1. The number of H-pyrrole nitrogens is 1. The predicted octanol–water partition coefficient (Wildman–Crippen LogP) is 1.23. The molecule has 5 heteroatoms. The second kappa shape index (κ2) is 4.25. The minimum atomic E-state index is -0.260. The van der Waals surface area contributed by atoms with Gasteiger partial charge in [-0.05, 0) is 20.8 Å². The summed E-state index contributed by atoms with van der Waals surface area (Å²) in [6, 6.07) is 0. The van der Waals surface area contributed by atoms with Gasteiger partial charge in [0.1, 0.15) is 0 Å². The third kappa shape index (κ3) is 2.65. The molecule has 1 N–H and O–H groups in total. The summed E-state index contributed by atoms with van der Waals surface area (Å²) >= 11 is 0. The quantitative estimate of drug-likeness (QED) is 0.760. The highest BCUT2D eigenvalue weighted by Gasteiger charge is 2.27. The second-order valence-corrected chi connectivity index (χ2v) is 4.23. The summed E-state index contributed by atoms with van der Waals surface area (Å²) < 4.78 is 0. The standard InChI is InChI=1S/C10H16N4O/c1-5-6-14(10(2,3)4)9(15)8-7-11-13-12-8/h5,7H,1,6H2,2-4H3,(H,11,12,13). The Hall–Kier alpha value is -1.65. The van der Waals surface area contributed by atoms with Crippen molar-refractivity contribution in [2.45, 2.75) is 26.3 Å². The molecule has 0 fully saturated rings. The molecule has 0 unspecified atom stereocenters. The maximum atomic E-state index is 12.0. The maximum Gasteiger partial charge on any atom is 0.276 e. The van der Waals surface area contributed by atoms with Crippen LogP contribution in [0.2, 0.25) is 0 Å². The van der Waals surface area contributed by atoms with Crippen LogP contribution in [0.15, 0.2) is 18.9 Å². The molecule has 1 aromatic rings. The van der Waals surface area contributed by atoms with Crippen LogP contribution in [-0.4, -0.2) is 38.3 Å². The minimum absolute atomic E-state index is 0.142. The number of aromatic amines is 1. The van der Waals surface area contributed by atoms with Gasteiger partial charge in [0.15, 0.2) is 5.69 Å². The summed E-state index contributed by atoms with van der Waals surface area (Å²) in [6.45, 7) is 10.0. The molecule has 0 aromatic carbocycles. The van der Waals surface area contributed by atoms with E-state index in [1.165, 1.54) is 6.20 Å². The van der Waals surface area contributed by atoms with Gasteiger partial charge in [0.2, 0.25) is 0 Å². The zero-order valence-electron chi connectivity index (χ0n) is 9.32. The Labute approximate surface area is 89.2 Å². The van der Waals surface area contributed by atoms with Gasteiger partial charge in [0, 0.05) is 12.1 Å². The molecular formula is C10H16N4O.